The molecule has 130 valence electrons. The number of amides is 4. The summed E-state index contributed by atoms with van der Waals surface area (Å²) in [6.07, 6.45) is 2.23. The van der Waals surface area contributed by atoms with Gasteiger partial charge in [0.25, 0.3) is 5.91 Å². The van der Waals surface area contributed by atoms with Crippen LogP contribution in [-0.4, -0.2) is 35.3 Å². The number of hydrogen-bond donors (Lipinski definition) is 2. The lowest BCUT2D eigenvalue weighted by atomic mass is 9.87. The van der Waals surface area contributed by atoms with Gasteiger partial charge in [0.05, 0.1) is 0 Å². The SMILES string of the molecule is CCC[C@H](C)NC(=O)CN1C(=O)N[C@](CC)(c2ccccc2)C1=O. The topological polar surface area (TPSA) is 78.5 Å². The Morgan fingerprint density at radius 3 is 2.50 bits per heavy atom. The van der Waals surface area contributed by atoms with Crippen LogP contribution in [0.4, 0.5) is 4.79 Å². The van der Waals surface area contributed by atoms with Crippen LogP contribution in [0.2, 0.25) is 0 Å². The minimum atomic E-state index is -1.09. The molecule has 2 rings (SSSR count). The second kappa shape index (κ2) is 7.47. The van der Waals surface area contributed by atoms with Gasteiger partial charge in [-0.15, -0.1) is 0 Å². The fourth-order valence-electron chi connectivity index (χ4n) is 3.10. The summed E-state index contributed by atoms with van der Waals surface area (Å²) in [6, 6.07) is 8.64. The van der Waals surface area contributed by atoms with Gasteiger partial charge in [-0.05, 0) is 25.3 Å². The van der Waals surface area contributed by atoms with Crippen LogP contribution in [0.3, 0.4) is 0 Å². The van der Waals surface area contributed by atoms with Gasteiger partial charge < -0.3 is 10.6 Å². The third-order valence-corrected chi connectivity index (χ3v) is 4.40. The molecule has 1 saturated heterocycles. The van der Waals surface area contributed by atoms with Crippen LogP contribution in [0.25, 0.3) is 0 Å². The summed E-state index contributed by atoms with van der Waals surface area (Å²) in [4.78, 5) is 38.3. The van der Waals surface area contributed by atoms with Gasteiger partial charge in [0.2, 0.25) is 5.91 Å². The van der Waals surface area contributed by atoms with E-state index in [1.54, 1.807) is 0 Å². The molecular formula is C18H25N3O3. The van der Waals surface area contributed by atoms with E-state index in [2.05, 4.69) is 10.6 Å². The van der Waals surface area contributed by atoms with E-state index >= 15 is 0 Å². The van der Waals surface area contributed by atoms with Crippen LogP contribution >= 0.6 is 0 Å². The molecule has 0 bridgehead atoms. The number of imide groups is 1. The molecule has 6 heteroatoms. The second-order valence-corrected chi connectivity index (χ2v) is 6.20. The molecule has 1 aromatic rings. The maximum atomic E-state index is 12.9. The summed E-state index contributed by atoms with van der Waals surface area (Å²) < 4.78 is 0. The van der Waals surface area contributed by atoms with Crippen molar-refractivity contribution in [2.24, 2.45) is 0 Å². The molecule has 0 unspecified atom stereocenters. The van der Waals surface area contributed by atoms with Crippen LogP contribution in [0.1, 0.15) is 45.6 Å². The monoisotopic (exact) mass is 331 g/mol. The first-order chi connectivity index (χ1) is 11.4. The molecule has 0 radical (unpaired) electrons. The smallest absolute Gasteiger partial charge is 0.325 e. The van der Waals surface area contributed by atoms with E-state index in [0.717, 1.165) is 23.3 Å². The molecule has 0 saturated carbocycles. The molecule has 1 aliphatic heterocycles. The Hall–Kier alpha value is -2.37. The number of urea groups is 1. The first kappa shape index (κ1) is 18.0. The minimum absolute atomic E-state index is 0.0216. The van der Waals surface area contributed by atoms with Gasteiger partial charge in [0.15, 0.2) is 0 Å². The number of nitrogens with one attached hydrogen (secondary N) is 2. The fourth-order valence-corrected chi connectivity index (χ4v) is 3.10. The molecule has 2 atom stereocenters. The number of rotatable bonds is 7. The summed E-state index contributed by atoms with van der Waals surface area (Å²) in [5.74, 6) is -0.695. The van der Waals surface area contributed by atoms with E-state index < -0.39 is 11.6 Å². The molecule has 1 aromatic carbocycles. The van der Waals surface area contributed by atoms with Gasteiger partial charge in [0, 0.05) is 6.04 Å². The van der Waals surface area contributed by atoms with Crippen molar-refractivity contribution in [2.75, 3.05) is 6.54 Å². The van der Waals surface area contributed by atoms with E-state index in [1.807, 2.05) is 51.1 Å². The largest absolute Gasteiger partial charge is 0.352 e. The zero-order valence-corrected chi connectivity index (χ0v) is 14.5. The zero-order valence-electron chi connectivity index (χ0n) is 14.5. The summed E-state index contributed by atoms with van der Waals surface area (Å²) in [7, 11) is 0. The summed E-state index contributed by atoms with van der Waals surface area (Å²) >= 11 is 0. The first-order valence-electron chi connectivity index (χ1n) is 8.43. The van der Waals surface area contributed by atoms with E-state index in [0.29, 0.717) is 6.42 Å². The lowest BCUT2D eigenvalue weighted by molar-refractivity contribution is -0.135. The van der Waals surface area contributed by atoms with Crippen molar-refractivity contribution in [3.63, 3.8) is 0 Å². The Kier molecular flexibility index (Phi) is 5.59. The number of nitrogens with zero attached hydrogens (tertiary/aromatic N) is 1. The second-order valence-electron chi connectivity index (χ2n) is 6.20. The molecule has 24 heavy (non-hydrogen) atoms. The summed E-state index contributed by atoms with van der Waals surface area (Å²) in [5.41, 5.74) is -0.360. The van der Waals surface area contributed by atoms with Crippen LogP contribution in [0.15, 0.2) is 30.3 Å². The lowest BCUT2D eigenvalue weighted by Gasteiger charge is -2.25. The molecular weight excluding hydrogens is 306 g/mol. The van der Waals surface area contributed by atoms with Crippen LogP contribution in [-0.2, 0) is 15.1 Å². The number of benzene rings is 1. The van der Waals surface area contributed by atoms with Crippen molar-refractivity contribution in [1.29, 1.82) is 0 Å². The average Bonchev–Trinajstić information content (AvgIpc) is 2.81. The maximum Gasteiger partial charge on any atom is 0.325 e. The molecule has 0 aromatic heterocycles. The number of carbonyl (C=O) groups is 3. The van der Waals surface area contributed by atoms with Crippen LogP contribution in [0.5, 0.6) is 0 Å². The van der Waals surface area contributed by atoms with E-state index in [4.69, 9.17) is 0 Å². The highest BCUT2D eigenvalue weighted by Gasteiger charge is 2.51. The predicted octanol–water partition coefficient (Wildman–Crippen LogP) is 2.15. The summed E-state index contributed by atoms with van der Waals surface area (Å²) in [6.45, 7) is 5.54. The maximum absolute atomic E-state index is 12.9. The highest BCUT2D eigenvalue weighted by molar-refractivity contribution is 6.09. The van der Waals surface area contributed by atoms with Crippen molar-refractivity contribution in [2.45, 2.75) is 51.6 Å². The minimum Gasteiger partial charge on any atom is -0.352 e. The standard InChI is InChI=1S/C18H25N3O3/c1-4-9-13(3)19-15(22)12-21-16(23)18(5-2,20-17(21)24)14-10-7-6-8-11-14/h6-8,10-11,13H,4-5,9,12H2,1-3H3,(H,19,22)(H,20,24)/t13-,18+/m0/s1. The zero-order chi connectivity index (χ0) is 17.7. The predicted molar refractivity (Wildman–Crippen MR) is 91.2 cm³/mol. The third-order valence-electron chi connectivity index (χ3n) is 4.40. The molecule has 2 N–H and O–H groups in total. The van der Waals surface area contributed by atoms with Crippen molar-refractivity contribution in [3.05, 3.63) is 35.9 Å². The normalized spacial score (nSPS) is 21.5. The van der Waals surface area contributed by atoms with Crippen molar-refractivity contribution >= 4 is 17.8 Å². The van der Waals surface area contributed by atoms with Crippen LogP contribution in [0, 0.1) is 0 Å². The summed E-state index contributed by atoms with van der Waals surface area (Å²) in [5, 5.41) is 5.60. The quantitative estimate of drug-likeness (QED) is 0.752. The first-order valence-corrected chi connectivity index (χ1v) is 8.43. The van der Waals surface area contributed by atoms with Crippen molar-refractivity contribution in [1.82, 2.24) is 15.5 Å². The lowest BCUT2D eigenvalue weighted by Crippen LogP contribution is -2.45. The molecule has 6 nitrogen and oxygen atoms in total. The molecule has 1 fully saturated rings. The average molecular weight is 331 g/mol. The van der Waals surface area contributed by atoms with Gasteiger partial charge >= 0.3 is 6.03 Å². The number of carbonyl (C=O) groups excluding carboxylic acids is 3. The Morgan fingerprint density at radius 2 is 1.92 bits per heavy atom. The number of hydrogen-bond acceptors (Lipinski definition) is 3. The molecule has 0 spiro atoms. The molecule has 1 aliphatic rings. The molecule has 0 aliphatic carbocycles. The van der Waals surface area contributed by atoms with Crippen molar-refractivity contribution in [3.8, 4) is 0 Å². The highest BCUT2D eigenvalue weighted by atomic mass is 16.2. The van der Waals surface area contributed by atoms with Crippen LogP contribution < -0.4 is 10.6 Å². The van der Waals surface area contributed by atoms with Gasteiger partial charge in [-0.1, -0.05) is 50.6 Å². The van der Waals surface area contributed by atoms with E-state index in [1.165, 1.54) is 0 Å². The third kappa shape index (κ3) is 3.42. The van der Waals surface area contributed by atoms with Gasteiger partial charge in [-0.25, -0.2) is 4.79 Å². The molecule has 1 heterocycles. The van der Waals surface area contributed by atoms with E-state index in [-0.39, 0.29) is 24.4 Å². The Morgan fingerprint density at radius 1 is 1.25 bits per heavy atom. The Labute approximate surface area is 142 Å². The van der Waals surface area contributed by atoms with Gasteiger partial charge in [-0.3, -0.25) is 14.5 Å². The van der Waals surface area contributed by atoms with E-state index in [9.17, 15) is 14.4 Å². The molecule has 4 amide bonds. The van der Waals surface area contributed by atoms with Gasteiger partial charge in [-0.2, -0.15) is 0 Å². The highest BCUT2D eigenvalue weighted by Crippen LogP contribution is 2.32. The Balaban J connectivity index is 2.15. The fraction of sp³-hybridized carbons (Fsp3) is 0.500. The van der Waals surface area contributed by atoms with Gasteiger partial charge in [0.1, 0.15) is 12.1 Å². The Bertz CT molecular complexity index is 617. The van der Waals surface area contributed by atoms with Crippen molar-refractivity contribution < 1.29 is 14.4 Å².